The van der Waals surface area contributed by atoms with Crippen LogP contribution in [0.15, 0.2) is 249 Å². The number of fused-ring (bicyclic) bond motifs is 8. The van der Waals surface area contributed by atoms with E-state index in [1.54, 1.807) is 5.56 Å². The molecule has 0 aromatic heterocycles. The number of anilines is 3. The van der Waals surface area contributed by atoms with Crippen molar-refractivity contribution < 1.29 is 0 Å². The van der Waals surface area contributed by atoms with Crippen molar-refractivity contribution in [2.45, 2.75) is 31.1 Å². The molecular formula is C67H51N. The van der Waals surface area contributed by atoms with Crippen LogP contribution >= 0.6 is 0 Å². The van der Waals surface area contributed by atoms with E-state index in [1.165, 1.54) is 115 Å². The minimum absolute atomic E-state index is 0.121. The molecule has 324 valence electrons. The number of hydrogen-bond donors (Lipinski definition) is 0. The highest BCUT2D eigenvalue weighted by molar-refractivity contribution is 5.98. The van der Waals surface area contributed by atoms with Crippen molar-refractivity contribution in [1.29, 1.82) is 0 Å². The summed E-state index contributed by atoms with van der Waals surface area (Å²) in [5.74, 6) is 1.54. The van der Waals surface area contributed by atoms with Gasteiger partial charge >= 0.3 is 0 Å². The van der Waals surface area contributed by atoms with E-state index in [0.29, 0.717) is 5.92 Å². The molecule has 0 heterocycles. The van der Waals surface area contributed by atoms with Gasteiger partial charge in [-0.05, 0) is 163 Å². The molecule has 1 nitrogen and oxygen atoms in total. The SMILES string of the molecule is c1ccc(-c2cc(-c3ccccc3)cc(-c3ccc(N(c4ccc5c(c4)-c4ccccc4C54CC5CCC4C5)c4ccccc4-c4ccccc4-c4ccccc4-c4ccccc4)cc3)c2)cc1. The molecule has 3 unspecified atom stereocenters. The minimum Gasteiger partial charge on any atom is -0.310 e. The monoisotopic (exact) mass is 869 g/mol. The van der Waals surface area contributed by atoms with Gasteiger partial charge in [-0.25, -0.2) is 0 Å². The van der Waals surface area contributed by atoms with E-state index in [1.807, 2.05) is 0 Å². The lowest BCUT2D eigenvalue weighted by molar-refractivity contribution is 0.327. The van der Waals surface area contributed by atoms with Crippen LogP contribution in [0.1, 0.15) is 36.8 Å². The summed E-state index contributed by atoms with van der Waals surface area (Å²) in [6.07, 6.45) is 5.34. The molecule has 2 saturated carbocycles. The maximum absolute atomic E-state index is 2.52. The van der Waals surface area contributed by atoms with Gasteiger partial charge in [0.25, 0.3) is 0 Å². The Labute approximate surface area is 400 Å². The van der Waals surface area contributed by atoms with Gasteiger partial charge < -0.3 is 4.90 Å². The summed E-state index contributed by atoms with van der Waals surface area (Å²) in [6.45, 7) is 0. The molecule has 13 rings (SSSR count). The van der Waals surface area contributed by atoms with Crippen molar-refractivity contribution in [3.8, 4) is 77.9 Å². The van der Waals surface area contributed by atoms with Gasteiger partial charge in [0.05, 0.1) is 5.69 Å². The van der Waals surface area contributed by atoms with Crippen LogP contribution in [-0.4, -0.2) is 0 Å². The summed E-state index contributed by atoms with van der Waals surface area (Å²) in [5, 5.41) is 0. The number of nitrogens with zero attached hydrogens (tertiary/aromatic N) is 1. The lowest BCUT2D eigenvalue weighted by Crippen LogP contribution is -2.31. The van der Waals surface area contributed by atoms with Crippen LogP contribution in [-0.2, 0) is 5.41 Å². The van der Waals surface area contributed by atoms with E-state index in [4.69, 9.17) is 0 Å². The zero-order valence-electron chi connectivity index (χ0n) is 38.1. The predicted molar refractivity (Wildman–Crippen MR) is 285 cm³/mol. The standard InChI is InChI=1S/C67H51N/c1-4-18-47(19-5-1)51-41-52(48-20-6-2-7-21-48)43-53(42-51)49-33-36-55(37-34-49)68(56-38-39-65-63(44-56)61-28-14-16-30-64(61)67(65)45-46-32-35-54(67)40-46)66-31-17-15-29-62(66)60-27-13-12-26-59(60)58-25-11-10-24-57(58)50-22-8-3-9-23-50/h1-31,33-34,36-39,41-44,46,54H,32,35,40,45H2. The molecular weight excluding hydrogens is 819 g/mol. The smallest absolute Gasteiger partial charge is 0.0540 e. The van der Waals surface area contributed by atoms with Crippen LogP contribution in [0.3, 0.4) is 0 Å². The third kappa shape index (κ3) is 6.76. The number of hydrogen-bond acceptors (Lipinski definition) is 1. The molecule has 1 heteroatoms. The van der Waals surface area contributed by atoms with Gasteiger partial charge in [-0.1, -0.05) is 207 Å². The van der Waals surface area contributed by atoms with Crippen LogP contribution in [0.4, 0.5) is 17.1 Å². The minimum atomic E-state index is 0.121. The first-order valence-electron chi connectivity index (χ1n) is 24.4. The third-order valence-electron chi connectivity index (χ3n) is 15.6. The summed E-state index contributed by atoms with van der Waals surface area (Å²) in [7, 11) is 0. The molecule has 10 aromatic rings. The van der Waals surface area contributed by atoms with Crippen LogP contribution in [0.5, 0.6) is 0 Å². The first kappa shape index (κ1) is 40.3. The van der Waals surface area contributed by atoms with Crippen molar-refractivity contribution in [1.82, 2.24) is 0 Å². The highest BCUT2D eigenvalue weighted by atomic mass is 15.1. The highest BCUT2D eigenvalue weighted by Gasteiger charge is 2.56. The summed E-state index contributed by atoms with van der Waals surface area (Å²) < 4.78 is 0. The fraction of sp³-hybridized carbons (Fsp3) is 0.104. The lowest BCUT2D eigenvalue weighted by Gasteiger charge is -2.36. The third-order valence-corrected chi connectivity index (χ3v) is 15.6. The van der Waals surface area contributed by atoms with Crippen molar-refractivity contribution >= 4 is 17.1 Å². The van der Waals surface area contributed by atoms with E-state index in [0.717, 1.165) is 17.3 Å². The number of para-hydroxylation sites is 1. The second-order valence-electron chi connectivity index (χ2n) is 19.2. The lowest BCUT2D eigenvalue weighted by atomic mass is 9.67. The normalized spacial score (nSPS) is 17.5. The zero-order chi connectivity index (χ0) is 45.0. The van der Waals surface area contributed by atoms with E-state index in [2.05, 4.69) is 254 Å². The fourth-order valence-electron chi connectivity index (χ4n) is 12.6. The Kier molecular flexibility index (Phi) is 9.90. The molecule has 10 aromatic carbocycles. The molecule has 3 aliphatic carbocycles. The Balaban J connectivity index is 0.985. The molecule has 2 bridgehead atoms. The maximum atomic E-state index is 2.52. The van der Waals surface area contributed by atoms with Crippen LogP contribution in [0.2, 0.25) is 0 Å². The second-order valence-corrected chi connectivity index (χ2v) is 19.2. The highest BCUT2D eigenvalue weighted by Crippen LogP contribution is 2.66. The molecule has 68 heavy (non-hydrogen) atoms. The van der Waals surface area contributed by atoms with Gasteiger partial charge in [-0.2, -0.15) is 0 Å². The molecule has 0 amide bonds. The zero-order valence-corrected chi connectivity index (χ0v) is 38.1. The van der Waals surface area contributed by atoms with Crippen molar-refractivity contribution in [3.05, 3.63) is 260 Å². The van der Waals surface area contributed by atoms with Crippen LogP contribution in [0.25, 0.3) is 77.9 Å². The average molecular weight is 870 g/mol. The quantitative estimate of drug-likeness (QED) is 0.140. The predicted octanol–water partition coefficient (Wildman–Crippen LogP) is 18.2. The molecule has 2 fully saturated rings. The Morgan fingerprint density at radius 2 is 0.765 bits per heavy atom. The Morgan fingerprint density at radius 3 is 1.35 bits per heavy atom. The first-order chi connectivity index (χ1) is 33.7. The van der Waals surface area contributed by atoms with Crippen LogP contribution in [0, 0.1) is 11.8 Å². The van der Waals surface area contributed by atoms with Gasteiger partial charge in [0.1, 0.15) is 0 Å². The summed E-state index contributed by atoms with van der Waals surface area (Å²) >= 11 is 0. The molecule has 3 atom stereocenters. The molecule has 0 saturated heterocycles. The number of benzene rings is 10. The molecule has 0 N–H and O–H groups in total. The first-order valence-corrected chi connectivity index (χ1v) is 24.4. The molecule has 1 spiro atoms. The van der Waals surface area contributed by atoms with E-state index < -0.39 is 0 Å². The maximum Gasteiger partial charge on any atom is 0.0540 e. The van der Waals surface area contributed by atoms with E-state index in [9.17, 15) is 0 Å². The summed E-state index contributed by atoms with van der Waals surface area (Å²) in [5.41, 5.74) is 23.9. The van der Waals surface area contributed by atoms with Gasteiger partial charge in [-0.3, -0.25) is 0 Å². The Hall–Kier alpha value is -8.00. The van der Waals surface area contributed by atoms with Gasteiger partial charge in [0.15, 0.2) is 0 Å². The van der Waals surface area contributed by atoms with Gasteiger partial charge in [0, 0.05) is 22.4 Å². The van der Waals surface area contributed by atoms with Gasteiger partial charge in [-0.15, -0.1) is 0 Å². The van der Waals surface area contributed by atoms with E-state index >= 15 is 0 Å². The van der Waals surface area contributed by atoms with Gasteiger partial charge in [0.2, 0.25) is 0 Å². The molecule has 3 aliphatic rings. The molecule has 0 aliphatic heterocycles. The number of rotatable bonds is 9. The Bertz CT molecular complexity index is 3400. The van der Waals surface area contributed by atoms with Crippen molar-refractivity contribution in [2.75, 3.05) is 4.90 Å². The largest absolute Gasteiger partial charge is 0.310 e. The topological polar surface area (TPSA) is 3.24 Å². The Morgan fingerprint density at radius 1 is 0.309 bits per heavy atom. The average Bonchev–Trinajstić information content (AvgIpc) is 4.12. The molecule has 0 radical (unpaired) electrons. The van der Waals surface area contributed by atoms with Crippen molar-refractivity contribution in [2.24, 2.45) is 11.8 Å². The second kappa shape index (κ2) is 16.7. The fourth-order valence-corrected chi connectivity index (χ4v) is 12.6. The van der Waals surface area contributed by atoms with E-state index in [-0.39, 0.29) is 5.41 Å². The summed E-state index contributed by atoms with van der Waals surface area (Å²) in [4.78, 5) is 2.52. The van der Waals surface area contributed by atoms with Crippen LogP contribution < -0.4 is 4.90 Å². The van der Waals surface area contributed by atoms with Crippen molar-refractivity contribution in [3.63, 3.8) is 0 Å². The summed E-state index contributed by atoms with van der Waals surface area (Å²) in [6, 6.07) is 92.3.